The van der Waals surface area contributed by atoms with Gasteiger partial charge < -0.3 is 15.5 Å². The van der Waals surface area contributed by atoms with Gasteiger partial charge in [0.2, 0.25) is 5.91 Å². The van der Waals surface area contributed by atoms with Gasteiger partial charge in [0.25, 0.3) is 0 Å². The molecule has 0 bridgehead atoms. The number of nitrogens with zero attached hydrogens (tertiary/aromatic N) is 3. The molecule has 3 fully saturated rings. The van der Waals surface area contributed by atoms with E-state index in [9.17, 15) is 4.79 Å². The summed E-state index contributed by atoms with van der Waals surface area (Å²) in [6.07, 6.45) is 7.04. The van der Waals surface area contributed by atoms with Crippen molar-refractivity contribution in [3.63, 3.8) is 0 Å². The molecule has 158 valence electrons. The Labute approximate surface area is 180 Å². The minimum Gasteiger partial charge on any atom is -0.354 e. The number of aromatic nitrogens is 2. The number of carbonyl (C=O) groups is 1. The van der Waals surface area contributed by atoms with Crippen molar-refractivity contribution in [1.29, 1.82) is 0 Å². The summed E-state index contributed by atoms with van der Waals surface area (Å²) >= 11 is 0. The Bertz CT molecular complexity index is 664. The van der Waals surface area contributed by atoms with Crippen LogP contribution in [0.1, 0.15) is 45.2 Å². The Morgan fingerprint density at radius 1 is 1.25 bits per heavy atom. The fourth-order valence-electron chi connectivity index (χ4n) is 4.47. The Balaban J connectivity index is 0.00000140. The molecule has 2 N–H and O–H groups in total. The van der Waals surface area contributed by atoms with Gasteiger partial charge in [-0.05, 0) is 51.1 Å². The number of hydrogen-bond acceptors (Lipinski definition) is 5. The molecule has 0 aromatic carbocycles. The van der Waals surface area contributed by atoms with E-state index >= 15 is 0 Å². The van der Waals surface area contributed by atoms with Crippen LogP contribution in [0.4, 0.5) is 5.82 Å². The molecule has 0 radical (unpaired) electrons. The number of piperidine rings is 1. The number of amides is 1. The Morgan fingerprint density at radius 3 is 2.61 bits per heavy atom. The first-order valence-electron chi connectivity index (χ1n) is 10.2. The maximum atomic E-state index is 13.0. The maximum absolute atomic E-state index is 13.0. The van der Waals surface area contributed by atoms with Gasteiger partial charge in [-0.2, -0.15) is 0 Å². The lowest BCUT2D eigenvalue weighted by atomic mass is 9.79. The largest absolute Gasteiger partial charge is 0.354 e. The van der Waals surface area contributed by atoms with Crippen molar-refractivity contribution in [3.05, 3.63) is 18.1 Å². The van der Waals surface area contributed by atoms with E-state index in [2.05, 4.69) is 45.4 Å². The van der Waals surface area contributed by atoms with Crippen molar-refractivity contribution in [1.82, 2.24) is 20.6 Å². The normalized spacial score (nSPS) is 26.1. The summed E-state index contributed by atoms with van der Waals surface area (Å²) in [5, 5.41) is 6.80. The van der Waals surface area contributed by atoms with Gasteiger partial charge in [0, 0.05) is 36.2 Å². The number of anilines is 1. The van der Waals surface area contributed by atoms with Crippen LogP contribution in [0.2, 0.25) is 0 Å². The number of carbonyl (C=O) groups excluding carboxylic acids is 1. The van der Waals surface area contributed by atoms with Crippen molar-refractivity contribution in [2.45, 2.75) is 52.0 Å². The summed E-state index contributed by atoms with van der Waals surface area (Å²) in [6.45, 7) is 7.97. The van der Waals surface area contributed by atoms with Gasteiger partial charge in [0.05, 0.1) is 6.04 Å². The molecule has 1 saturated carbocycles. The summed E-state index contributed by atoms with van der Waals surface area (Å²) in [4.78, 5) is 24.2. The molecule has 2 saturated heterocycles. The zero-order valence-electron chi connectivity index (χ0n) is 16.8. The van der Waals surface area contributed by atoms with Crippen LogP contribution in [0, 0.1) is 17.3 Å². The van der Waals surface area contributed by atoms with E-state index in [1.807, 2.05) is 0 Å². The maximum Gasteiger partial charge on any atom is 0.226 e. The van der Waals surface area contributed by atoms with Gasteiger partial charge in [0.15, 0.2) is 0 Å². The first-order valence-corrected chi connectivity index (χ1v) is 10.2. The molecular formula is C20H33Cl2N5O. The smallest absolute Gasteiger partial charge is 0.226 e. The SMILES string of the molecule is CCc1cc(N2C[C@H](NC(=O)C3(C)CCNCC3)[C@@H](C3CC3)C2)ncn1.Cl.Cl. The van der Waals surface area contributed by atoms with Crippen LogP contribution < -0.4 is 15.5 Å². The summed E-state index contributed by atoms with van der Waals surface area (Å²) in [6, 6.07) is 2.34. The van der Waals surface area contributed by atoms with Gasteiger partial charge >= 0.3 is 0 Å². The lowest BCUT2D eigenvalue weighted by molar-refractivity contribution is -0.132. The van der Waals surface area contributed by atoms with Crippen molar-refractivity contribution >= 4 is 36.5 Å². The van der Waals surface area contributed by atoms with E-state index in [1.54, 1.807) is 6.33 Å². The molecule has 2 aliphatic heterocycles. The average Bonchev–Trinajstić information content (AvgIpc) is 3.43. The minimum atomic E-state index is -0.225. The van der Waals surface area contributed by atoms with E-state index < -0.39 is 0 Å². The monoisotopic (exact) mass is 429 g/mol. The third kappa shape index (κ3) is 4.89. The molecule has 1 amide bonds. The van der Waals surface area contributed by atoms with Gasteiger partial charge in [-0.15, -0.1) is 24.8 Å². The third-order valence-corrected chi connectivity index (χ3v) is 6.56. The molecule has 0 spiro atoms. The number of hydrogen-bond donors (Lipinski definition) is 2. The van der Waals surface area contributed by atoms with E-state index in [4.69, 9.17) is 0 Å². The fraction of sp³-hybridized carbons (Fsp3) is 0.750. The predicted molar refractivity (Wildman–Crippen MR) is 116 cm³/mol. The first kappa shape index (κ1) is 23.2. The van der Waals surface area contributed by atoms with Crippen LogP contribution in [0.5, 0.6) is 0 Å². The van der Waals surface area contributed by atoms with Crippen LogP contribution in [0.25, 0.3) is 0 Å². The molecule has 3 heterocycles. The molecule has 1 aromatic heterocycles. The second-order valence-electron chi connectivity index (χ2n) is 8.52. The van der Waals surface area contributed by atoms with Crippen LogP contribution >= 0.6 is 24.8 Å². The number of halogens is 2. The molecular weight excluding hydrogens is 397 g/mol. The van der Waals surface area contributed by atoms with E-state index in [-0.39, 0.29) is 42.2 Å². The number of aryl methyl sites for hydroxylation is 1. The summed E-state index contributed by atoms with van der Waals surface area (Å²) in [5.41, 5.74) is 0.851. The van der Waals surface area contributed by atoms with Crippen LogP contribution in [0.3, 0.4) is 0 Å². The Morgan fingerprint density at radius 2 is 1.96 bits per heavy atom. The summed E-state index contributed by atoms with van der Waals surface area (Å²) in [7, 11) is 0. The zero-order chi connectivity index (χ0) is 18.1. The third-order valence-electron chi connectivity index (χ3n) is 6.56. The first-order chi connectivity index (χ1) is 12.6. The van der Waals surface area contributed by atoms with Crippen molar-refractivity contribution < 1.29 is 4.79 Å². The topological polar surface area (TPSA) is 70.2 Å². The Hall–Kier alpha value is -1.11. The van der Waals surface area contributed by atoms with Gasteiger partial charge in [-0.25, -0.2) is 9.97 Å². The molecule has 28 heavy (non-hydrogen) atoms. The molecule has 1 aromatic rings. The van der Waals surface area contributed by atoms with Crippen LogP contribution in [-0.4, -0.2) is 48.1 Å². The molecule has 1 aliphatic carbocycles. The quantitative estimate of drug-likeness (QED) is 0.752. The van der Waals surface area contributed by atoms with E-state index in [0.29, 0.717) is 5.92 Å². The summed E-state index contributed by atoms with van der Waals surface area (Å²) < 4.78 is 0. The highest BCUT2D eigenvalue weighted by molar-refractivity contribution is 5.85. The predicted octanol–water partition coefficient (Wildman–Crippen LogP) is 2.60. The highest BCUT2D eigenvalue weighted by atomic mass is 35.5. The van der Waals surface area contributed by atoms with Crippen molar-refractivity contribution in [2.75, 3.05) is 31.1 Å². The van der Waals surface area contributed by atoms with Gasteiger partial charge in [-0.3, -0.25) is 4.79 Å². The fourth-order valence-corrected chi connectivity index (χ4v) is 4.47. The number of rotatable bonds is 5. The molecule has 4 rings (SSSR count). The van der Waals surface area contributed by atoms with Gasteiger partial charge in [-0.1, -0.05) is 13.8 Å². The highest BCUT2D eigenvalue weighted by Crippen LogP contribution is 2.42. The average molecular weight is 430 g/mol. The lowest BCUT2D eigenvalue weighted by Crippen LogP contribution is -2.51. The van der Waals surface area contributed by atoms with Crippen LogP contribution in [-0.2, 0) is 11.2 Å². The zero-order valence-corrected chi connectivity index (χ0v) is 18.5. The highest BCUT2D eigenvalue weighted by Gasteiger charge is 2.45. The molecule has 2 atom stereocenters. The molecule has 6 nitrogen and oxygen atoms in total. The lowest BCUT2D eigenvalue weighted by Gasteiger charge is -2.34. The number of nitrogens with one attached hydrogen (secondary N) is 2. The second kappa shape index (κ2) is 9.59. The second-order valence-corrected chi connectivity index (χ2v) is 8.52. The van der Waals surface area contributed by atoms with Gasteiger partial charge in [0.1, 0.15) is 12.1 Å². The van der Waals surface area contributed by atoms with Crippen LogP contribution in [0.15, 0.2) is 12.4 Å². The standard InChI is InChI=1S/C20H31N5O.2ClH/c1-3-15-10-18(23-13-22-15)25-11-16(14-4-5-14)17(12-25)24-19(26)20(2)6-8-21-9-7-20;;/h10,13-14,16-17,21H,3-9,11-12H2,1-2H3,(H,24,26);2*1H/t16-,17+;;/m1../s1. The summed E-state index contributed by atoms with van der Waals surface area (Å²) in [5.74, 6) is 2.56. The Kier molecular flexibility index (Phi) is 7.94. The van der Waals surface area contributed by atoms with Crippen molar-refractivity contribution in [3.8, 4) is 0 Å². The molecule has 3 aliphatic rings. The van der Waals surface area contributed by atoms with E-state index in [0.717, 1.165) is 62.9 Å². The molecule has 0 unspecified atom stereocenters. The van der Waals surface area contributed by atoms with E-state index in [1.165, 1.54) is 12.8 Å². The van der Waals surface area contributed by atoms with Crippen molar-refractivity contribution in [2.24, 2.45) is 17.3 Å². The minimum absolute atomic E-state index is 0. The molecule has 8 heteroatoms.